The molecule has 144 valence electrons. The Morgan fingerprint density at radius 3 is 2.48 bits per heavy atom. The van der Waals surface area contributed by atoms with Crippen LogP contribution in [0, 0.1) is 11.7 Å². The molecule has 1 fully saturated rings. The number of hydrogen-bond acceptors (Lipinski definition) is 3. The molecule has 1 atom stereocenters. The molecule has 1 aliphatic heterocycles. The summed E-state index contributed by atoms with van der Waals surface area (Å²) in [7, 11) is -3.57. The van der Waals surface area contributed by atoms with Crippen LogP contribution in [-0.2, 0) is 20.6 Å². The highest BCUT2D eigenvalue weighted by molar-refractivity contribution is 9.10. The first-order valence-electron chi connectivity index (χ1n) is 8.62. The van der Waals surface area contributed by atoms with Crippen LogP contribution in [0.15, 0.2) is 53.0 Å². The Morgan fingerprint density at radius 2 is 1.81 bits per heavy atom. The summed E-state index contributed by atoms with van der Waals surface area (Å²) in [6, 6.07) is 12.7. The van der Waals surface area contributed by atoms with Gasteiger partial charge in [0, 0.05) is 23.2 Å². The lowest BCUT2D eigenvalue weighted by Gasteiger charge is -2.31. The van der Waals surface area contributed by atoms with Gasteiger partial charge in [-0.15, -0.1) is 0 Å². The standard InChI is InChI=1S/C19H20BrFN2O3S/c20-16-5-9-18(10-6-16)22-19(24)15-2-1-11-23(12-15)27(25,26)13-14-3-7-17(21)8-4-14/h3-10,15H,1-2,11-13H2,(H,22,24). The fourth-order valence-electron chi connectivity index (χ4n) is 3.07. The quantitative estimate of drug-likeness (QED) is 0.747. The van der Waals surface area contributed by atoms with Gasteiger partial charge in [-0.3, -0.25) is 4.79 Å². The van der Waals surface area contributed by atoms with Crippen LogP contribution in [0.5, 0.6) is 0 Å². The van der Waals surface area contributed by atoms with E-state index in [9.17, 15) is 17.6 Å². The summed E-state index contributed by atoms with van der Waals surface area (Å²) in [6.45, 7) is 0.553. The monoisotopic (exact) mass is 454 g/mol. The lowest BCUT2D eigenvalue weighted by molar-refractivity contribution is -0.120. The highest BCUT2D eigenvalue weighted by atomic mass is 79.9. The Hall–Kier alpha value is -1.77. The molecule has 1 saturated heterocycles. The van der Waals surface area contributed by atoms with Crippen LogP contribution in [-0.4, -0.2) is 31.7 Å². The number of halogens is 2. The third-order valence-corrected chi connectivity index (χ3v) is 6.87. The first-order valence-corrected chi connectivity index (χ1v) is 11.0. The van der Waals surface area contributed by atoms with Crippen molar-refractivity contribution in [3.8, 4) is 0 Å². The maximum absolute atomic E-state index is 13.0. The molecule has 0 radical (unpaired) electrons. The second-order valence-corrected chi connectivity index (χ2v) is 9.46. The Kier molecular flexibility index (Phi) is 6.29. The van der Waals surface area contributed by atoms with Crippen molar-refractivity contribution in [2.75, 3.05) is 18.4 Å². The average molecular weight is 455 g/mol. The number of nitrogens with zero attached hydrogens (tertiary/aromatic N) is 1. The molecule has 1 aliphatic rings. The molecule has 3 rings (SSSR count). The predicted octanol–water partition coefficient (Wildman–Crippen LogP) is 3.77. The number of benzene rings is 2. The molecule has 1 N–H and O–H groups in total. The number of rotatable bonds is 5. The summed E-state index contributed by atoms with van der Waals surface area (Å²) in [5, 5.41) is 2.84. The van der Waals surface area contributed by atoms with Gasteiger partial charge in [-0.2, -0.15) is 0 Å². The molecule has 5 nitrogen and oxygen atoms in total. The van der Waals surface area contributed by atoms with Crippen LogP contribution in [0.25, 0.3) is 0 Å². The molecule has 1 amide bonds. The fraction of sp³-hybridized carbons (Fsp3) is 0.316. The first kappa shape index (κ1) is 20.0. The lowest BCUT2D eigenvalue weighted by Crippen LogP contribution is -2.44. The Labute approximate surface area is 166 Å². The zero-order chi connectivity index (χ0) is 19.4. The first-order chi connectivity index (χ1) is 12.8. The summed E-state index contributed by atoms with van der Waals surface area (Å²) in [5.41, 5.74) is 1.20. The van der Waals surface area contributed by atoms with Crippen LogP contribution in [0.4, 0.5) is 10.1 Å². The molecule has 27 heavy (non-hydrogen) atoms. The van der Waals surface area contributed by atoms with Crippen molar-refractivity contribution >= 4 is 37.5 Å². The van der Waals surface area contributed by atoms with Crippen molar-refractivity contribution in [2.24, 2.45) is 5.92 Å². The van der Waals surface area contributed by atoms with Gasteiger partial charge in [0.1, 0.15) is 5.82 Å². The van der Waals surface area contributed by atoms with Crippen molar-refractivity contribution in [1.29, 1.82) is 0 Å². The van der Waals surface area contributed by atoms with Gasteiger partial charge in [0.05, 0.1) is 11.7 Å². The molecule has 2 aromatic carbocycles. The van der Waals surface area contributed by atoms with Gasteiger partial charge in [-0.05, 0) is 54.8 Å². The highest BCUT2D eigenvalue weighted by Gasteiger charge is 2.32. The molecule has 0 aromatic heterocycles. The number of carbonyl (C=O) groups excluding carboxylic acids is 1. The topological polar surface area (TPSA) is 66.5 Å². The zero-order valence-corrected chi connectivity index (χ0v) is 17.0. The van der Waals surface area contributed by atoms with E-state index in [-0.39, 0.29) is 18.2 Å². The fourth-order valence-corrected chi connectivity index (χ4v) is 4.94. The van der Waals surface area contributed by atoms with Gasteiger partial charge in [-0.25, -0.2) is 17.1 Å². The summed E-state index contributed by atoms with van der Waals surface area (Å²) < 4.78 is 40.7. The van der Waals surface area contributed by atoms with E-state index < -0.39 is 21.8 Å². The van der Waals surface area contributed by atoms with Gasteiger partial charge < -0.3 is 5.32 Å². The average Bonchev–Trinajstić information content (AvgIpc) is 2.65. The minimum Gasteiger partial charge on any atom is -0.326 e. The Bertz CT molecular complexity index is 902. The number of nitrogens with one attached hydrogen (secondary N) is 1. The van der Waals surface area contributed by atoms with E-state index in [1.165, 1.54) is 28.6 Å². The number of piperidine rings is 1. The number of hydrogen-bond donors (Lipinski definition) is 1. The SMILES string of the molecule is O=C(Nc1ccc(Br)cc1)C1CCCN(S(=O)(=O)Cc2ccc(F)cc2)C1. The molecular weight excluding hydrogens is 435 g/mol. The zero-order valence-electron chi connectivity index (χ0n) is 14.6. The Morgan fingerprint density at radius 1 is 1.15 bits per heavy atom. The Balaban J connectivity index is 1.64. The largest absolute Gasteiger partial charge is 0.326 e. The van der Waals surface area contributed by atoms with Gasteiger partial charge >= 0.3 is 0 Å². The summed E-state index contributed by atoms with van der Waals surface area (Å²) >= 11 is 3.34. The smallest absolute Gasteiger partial charge is 0.228 e. The maximum atomic E-state index is 13.0. The van der Waals surface area contributed by atoms with E-state index in [4.69, 9.17) is 0 Å². The number of carbonyl (C=O) groups is 1. The van der Waals surface area contributed by atoms with Crippen LogP contribution in [0.1, 0.15) is 18.4 Å². The maximum Gasteiger partial charge on any atom is 0.228 e. The third-order valence-electron chi connectivity index (χ3n) is 4.52. The molecule has 0 spiro atoms. The van der Waals surface area contributed by atoms with Crippen molar-refractivity contribution in [3.05, 3.63) is 64.4 Å². The molecular formula is C19H20BrFN2O3S. The second-order valence-electron chi connectivity index (χ2n) is 6.58. The molecule has 8 heteroatoms. The van der Waals surface area contributed by atoms with Crippen LogP contribution in [0.3, 0.4) is 0 Å². The van der Waals surface area contributed by atoms with Crippen molar-refractivity contribution < 1.29 is 17.6 Å². The van der Waals surface area contributed by atoms with Gasteiger partial charge in [0.2, 0.25) is 15.9 Å². The van der Waals surface area contributed by atoms with Crippen LogP contribution < -0.4 is 5.32 Å². The summed E-state index contributed by atoms with van der Waals surface area (Å²) in [4.78, 5) is 12.5. The van der Waals surface area contributed by atoms with Crippen molar-refractivity contribution in [2.45, 2.75) is 18.6 Å². The van der Waals surface area contributed by atoms with Crippen LogP contribution in [0.2, 0.25) is 0 Å². The lowest BCUT2D eigenvalue weighted by atomic mass is 9.99. The highest BCUT2D eigenvalue weighted by Crippen LogP contribution is 2.23. The number of sulfonamides is 1. The minimum absolute atomic E-state index is 0.159. The van der Waals surface area contributed by atoms with Crippen molar-refractivity contribution in [3.63, 3.8) is 0 Å². The van der Waals surface area contributed by atoms with Gasteiger partial charge in [-0.1, -0.05) is 28.1 Å². The number of anilines is 1. The van der Waals surface area contributed by atoms with Gasteiger partial charge in [0.15, 0.2) is 0 Å². The molecule has 0 bridgehead atoms. The molecule has 0 aliphatic carbocycles. The predicted molar refractivity (Wildman–Crippen MR) is 106 cm³/mol. The van der Waals surface area contributed by atoms with E-state index in [0.717, 1.165) is 4.47 Å². The van der Waals surface area contributed by atoms with Gasteiger partial charge in [0.25, 0.3) is 0 Å². The summed E-state index contributed by atoms with van der Waals surface area (Å²) in [6.07, 6.45) is 1.27. The van der Waals surface area contributed by atoms with Crippen LogP contribution >= 0.6 is 15.9 Å². The van der Waals surface area contributed by atoms with E-state index in [0.29, 0.717) is 30.6 Å². The summed E-state index contributed by atoms with van der Waals surface area (Å²) in [5.74, 6) is -1.18. The van der Waals surface area contributed by atoms with E-state index in [1.807, 2.05) is 12.1 Å². The molecule has 2 aromatic rings. The number of amides is 1. The van der Waals surface area contributed by atoms with E-state index >= 15 is 0 Å². The molecule has 1 unspecified atom stereocenters. The molecule has 1 heterocycles. The van der Waals surface area contributed by atoms with Crippen molar-refractivity contribution in [1.82, 2.24) is 4.31 Å². The second kappa shape index (κ2) is 8.50. The minimum atomic E-state index is -3.57. The normalized spacial score (nSPS) is 18.2. The molecule has 0 saturated carbocycles. The van der Waals surface area contributed by atoms with E-state index in [2.05, 4.69) is 21.2 Å². The third kappa shape index (κ3) is 5.37. The van der Waals surface area contributed by atoms with E-state index in [1.54, 1.807) is 12.1 Å².